The van der Waals surface area contributed by atoms with Gasteiger partial charge in [0, 0.05) is 0 Å². The average molecular weight is 247 g/mol. The first kappa shape index (κ1) is 10.1. The molecule has 0 atom stereocenters. The number of nitrogens with zero attached hydrogens (tertiary/aromatic N) is 3. The summed E-state index contributed by atoms with van der Waals surface area (Å²) in [5.74, 6) is -0.299. The van der Waals surface area contributed by atoms with Gasteiger partial charge in [0.05, 0.1) is 4.53 Å². The minimum Gasteiger partial charge on any atom is -0.266 e. The highest BCUT2D eigenvalue weighted by atomic mass is 32.1. The lowest BCUT2D eigenvalue weighted by Crippen LogP contribution is -2.23. The van der Waals surface area contributed by atoms with Crippen LogP contribution in [0.3, 0.4) is 0 Å². The highest BCUT2D eigenvalue weighted by Gasteiger charge is 2.04. The van der Waals surface area contributed by atoms with Gasteiger partial charge in [0.1, 0.15) is 12.1 Å². The summed E-state index contributed by atoms with van der Waals surface area (Å²) in [6, 6.07) is 5.94. The second-order valence-electron chi connectivity index (χ2n) is 3.42. The van der Waals surface area contributed by atoms with E-state index in [0.29, 0.717) is 9.49 Å². The zero-order valence-corrected chi connectivity index (χ0v) is 9.32. The third-order valence-electron chi connectivity index (χ3n) is 2.29. The molecule has 2 aromatic heterocycles. The van der Waals surface area contributed by atoms with Gasteiger partial charge >= 0.3 is 0 Å². The minimum atomic E-state index is -0.299. The largest absolute Gasteiger partial charge is 0.291 e. The number of aromatic nitrogens is 3. The van der Waals surface area contributed by atoms with Crippen molar-refractivity contribution in [3.63, 3.8) is 0 Å². The van der Waals surface area contributed by atoms with Crippen LogP contribution in [0.2, 0.25) is 0 Å². The molecule has 2 heterocycles. The predicted octanol–water partition coefficient (Wildman–Crippen LogP) is 0.838. The number of benzene rings is 1. The number of rotatable bonds is 1. The molecule has 17 heavy (non-hydrogen) atoms. The Morgan fingerprint density at radius 3 is 2.76 bits per heavy atom. The van der Waals surface area contributed by atoms with Gasteiger partial charge in [-0.05, 0) is 23.8 Å². The lowest BCUT2D eigenvalue weighted by atomic mass is 10.2. The Morgan fingerprint density at radius 1 is 1.29 bits per heavy atom. The molecule has 3 aromatic rings. The maximum absolute atomic E-state index is 12.7. The van der Waals surface area contributed by atoms with Crippen molar-refractivity contribution in [1.29, 1.82) is 0 Å². The van der Waals surface area contributed by atoms with E-state index in [1.807, 2.05) is 0 Å². The van der Waals surface area contributed by atoms with Crippen molar-refractivity contribution in [2.75, 3.05) is 0 Å². The van der Waals surface area contributed by atoms with Gasteiger partial charge < -0.3 is 0 Å². The van der Waals surface area contributed by atoms with E-state index in [9.17, 15) is 9.18 Å². The summed E-state index contributed by atoms with van der Waals surface area (Å²) in [5.41, 5.74) is 0.569. The summed E-state index contributed by atoms with van der Waals surface area (Å²) >= 11 is 1.26. The van der Waals surface area contributed by atoms with Crippen molar-refractivity contribution >= 4 is 22.4 Å². The van der Waals surface area contributed by atoms with Crippen molar-refractivity contribution < 1.29 is 4.39 Å². The van der Waals surface area contributed by atoms with Crippen LogP contribution in [0.5, 0.6) is 0 Å². The van der Waals surface area contributed by atoms with Crippen molar-refractivity contribution in [3.8, 4) is 0 Å². The summed E-state index contributed by atoms with van der Waals surface area (Å²) in [4.78, 5) is 16.3. The van der Waals surface area contributed by atoms with E-state index in [1.54, 1.807) is 18.2 Å². The van der Waals surface area contributed by atoms with E-state index >= 15 is 0 Å². The molecule has 6 heteroatoms. The van der Waals surface area contributed by atoms with Crippen molar-refractivity contribution in [3.05, 3.63) is 56.9 Å². The first-order valence-electron chi connectivity index (χ1n) is 4.84. The van der Waals surface area contributed by atoms with Gasteiger partial charge in [-0.15, -0.1) is 0 Å². The molecule has 0 N–H and O–H groups in total. The summed E-state index contributed by atoms with van der Waals surface area (Å²) in [5, 5.41) is 3.82. The van der Waals surface area contributed by atoms with Crippen LogP contribution in [0.1, 0.15) is 5.56 Å². The van der Waals surface area contributed by atoms with Crippen LogP contribution in [0.25, 0.3) is 11.0 Å². The van der Waals surface area contributed by atoms with Gasteiger partial charge in [-0.2, -0.15) is 9.61 Å². The molecule has 4 nitrogen and oxygen atoms in total. The van der Waals surface area contributed by atoms with Crippen molar-refractivity contribution in [2.45, 2.75) is 0 Å². The number of hydrogen-bond donors (Lipinski definition) is 0. The zero-order chi connectivity index (χ0) is 11.8. The van der Waals surface area contributed by atoms with Gasteiger partial charge in [-0.3, -0.25) is 4.79 Å². The van der Waals surface area contributed by atoms with Crippen LogP contribution in [-0.4, -0.2) is 14.6 Å². The molecule has 84 valence electrons. The van der Waals surface area contributed by atoms with Gasteiger partial charge in [0.25, 0.3) is 5.56 Å². The first-order chi connectivity index (χ1) is 8.24. The predicted molar refractivity (Wildman–Crippen MR) is 62.3 cm³/mol. The topological polar surface area (TPSA) is 47.3 Å². The fraction of sp³-hybridized carbons (Fsp3) is 0. The molecule has 1 aromatic carbocycles. The second kappa shape index (κ2) is 3.74. The van der Waals surface area contributed by atoms with Gasteiger partial charge in [0.15, 0.2) is 0 Å². The molecule has 0 spiro atoms. The van der Waals surface area contributed by atoms with Crippen molar-refractivity contribution in [1.82, 2.24) is 14.6 Å². The third-order valence-corrected chi connectivity index (χ3v) is 3.26. The molecule has 0 aliphatic rings. The highest BCUT2D eigenvalue weighted by Crippen LogP contribution is 2.04. The summed E-state index contributed by atoms with van der Waals surface area (Å²) < 4.78 is 14.5. The van der Waals surface area contributed by atoms with Crippen LogP contribution in [0.15, 0.2) is 35.4 Å². The van der Waals surface area contributed by atoms with Crippen LogP contribution >= 0.6 is 11.3 Å². The molecule has 3 rings (SSSR count). The quantitative estimate of drug-likeness (QED) is 0.640. The minimum absolute atomic E-state index is 0.202. The van der Waals surface area contributed by atoms with E-state index in [2.05, 4.69) is 10.1 Å². The number of halogens is 1. The number of hydrogen-bond acceptors (Lipinski definition) is 4. The molecule has 0 saturated heterocycles. The fourth-order valence-corrected chi connectivity index (χ4v) is 2.37. The van der Waals surface area contributed by atoms with E-state index in [4.69, 9.17) is 0 Å². The molecular weight excluding hydrogens is 241 g/mol. The normalized spacial score (nSPS) is 12.4. The lowest BCUT2D eigenvalue weighted by Gasteiger charge is -1.90. The summed E-state index contributed by atoms with van der Waals surface area (Å²) in [6.45, 7) is 0. The maximum atomic E-state index is 12.7. The Kier molecular flexibility index (Phi) is 2.22. The first-order valence-corrected chi connectivity index (χ1v) is 5.65. The molecule has 0 saturated carbocycles. The highest BCUT2D eigenvalue weighted by molar-refractivity contribution is 7.15. The van der Waals surface area contributed by atoms with E-state index in [0.717, 1.165) is 5.56 Å². The Morgan fingerprint density at radius 2 is 2.06 bits per heavy atom. The average Bonchev–Trinajstić information content (AvgIpc) is 2.87. The molecular formula is C11H6FN3OS. The Labute approximate surface area is 98.7 Å². The van der Waals surface area contributed by atoms with Crippen LogP contribution in [-0.2, 0) is 0 Å². The van der Waals surface area contributed by atoms with Crippen LogP contribution < -0.4 is 10.1 Å². The molecule has 0 unspecified atom stereocenters. The maximum Gasteiger partial charge on any atom is 0.291 e. The van der Waals surface area contributed by atoms with Gasteiger partial charge in [0.2, 0.25) is 4.96 Å². The van der Waals surface area contributed by atoms with Crippen LogP contribution in [0, 0.1) is 5.82 Å². The van der Waals surface area contributed by atoms with E-state index in [1.165, 1.54) is 34.3 Å². The molecule has 0 fully saturated rings. The fourth-order valence-electron chi connectivity index (χ4n) is 1.49. The molecule has 0 aliphatic carbocycles. The van der Waals surface area contributed by atoms with Crippen molar-refractivity contribution in [2.24, 2.45) is 0 Å². The zero-order valence-electron chi connectivity index (χ0n) is 8.50. The number of fused-ring (bicyclic) bond motifs is 1. The molecule has 0 bridgehead atoms. The van der Waals surface area contributed by atoms with Gasteiger partial charge in [-0.1, -0.05) is 23.5 Å². The lowest BCUT2D eigenvalue weighted by molar-refractivity contribution is 0.628. The molecule has 0 amide bonds. The molecule has 0 radical (unpaired) electrons. The monoisotopic (exact) mass is 247 g/mol. The standard InChI is InChI=1S/C11H6FN3OS/c12-8-3-1-7(2-4-8)5-9-10(16)15-11(17-9)13-6-14-15/h1-6H/b9-5+. The second-order valence-corrected chi connectivity index (χ2v) is 4.43. The summed E-state index contributed by atoms with van der Waals surface area (Å²) in [7, 11) is 0. The third kappa shape index (κ3) is 1.72. The SMILES string of the molecule is O=c1/c(=C\c2ccc(F)cc2)sc2ncnn12. The summed E-state index contributed by atoms with van der Waals surface area (Å²) in [6.07, 6.45) is 3.04. The van der Waals surface area contributed by atoms with E-state index < -0.39 is 0 Å². The number of thiazole rings is 1. The molecule has 0 aliphatic heterocycles. The smallest absolute Gasteiger partial charge is 0.266 e. The van der Waals surface area contributed by atoms with E-state index in [-0.39, 0.29) is 11.4 Å². The van der Waals surface area contributed by atoms with Gasteiger partial charge in [-0.25, -0.2) is 9.37 Å². The Balaban J connectivity index is 2.20. The Hall–Kier alpha value is -2.08. The van der Waals surface area contributed by atoms with Crippen LogP contribution in [0.4, 0.5) is 4.39 Å². The Bertz CT molecular complexity index is 775.